The molecule has 1 aromatic heterocycles. The lowest BCUT2D eigenvalue weighted by molar-refractivity contribution is 0.341. The summed E-state index contributed by atoms with van der Waals surface area (Å²) in [6, 6.07) is 6.13. The van der Waals surface area contributed by atoms with Crippen molar-refractivity contribution in [3.63, 3.8) is 0 Å². The number of thioether (sulfide) groups is 1. The van der Waals surface area contributed by atoms with Gasteiger partial charge >= 0.3 is 0 Å². The molecule has 0 amide bonds. The number of rotatable bonds is 6. The van der Waals surface area contributed by atoms with E-state index in [2.05, 4.69) is 33.4 Å². The van der Waals surface area contributed by atoms with Crippen molar-refractivity contribution < 1.29 is 0 Å². The number of aromatic nitrogens is 1. The van der Waals surface area contributed by atoms with Crippen molar-refractivity contribution in [2.75, 3.05) is 12.9 Å². The molecule has 2 rings (SSSR count). The summed E-state index contributed by atoms with van der Waals surface area (Å²) in [7, 11) is 0. The Morgan fingerprint density at radius 3 is 3.09 bits per heavy atom. The van der Waals surface area contributed by atoms with E-state index < -0.39 is 0 Å². The summed E-state index contributed by atoms with van der Waals surface area (Å²) in [5.41, 5.74) is 1.57. The Bertz CT molecular complexity index is 644. The molecular formula is C16H20N6S. The summed E-state index contributed by atoms with van der Waals surface area (Å²) in [4.78, 5) is 8.53. The van der Waals surface area contributed by atoms with Crippen LogP contribution >= 0.6 is 11.8 Å². The number of nitrogens with one attached hydrogen (secondary N) is 1. The Morgan fingerprint density at radius 2 is 2.43 bits per heavy atom. The second-order valence-corrected chi connectivity index (χ2v) is 5.64. The highest BCUT2D eigenvalue weighted by atomic mass is 32.2. The van der Waals surface area contributed by atoms with E-state index in [0.29, 0.717) is 24.6 Å². The minimum Gasteiger partial charge on any atom is -0.365 e. The second kappa shape index (κ2) is 8.96. The van der Waals surface area contributed by atoms with Crippen LogP contribution in [0.4, 0.5) is 0 Å². The van der Waals surface area contributed by atoms with Gasteiger partial charge in [0.1, 0.15) is 29.2 Å². The van der Waals surface area contributed by atoms with E-state index in [0.717, 1.165) is 23.4 Å². The maximum atomic E-state index is 9.52. The van der Waals surface area contributed by atoms with Gasteiger partial charge < -0.3 is 5.32 Å². The molecule has 0 fully saturated rings. The molecule has 0 unspecified atom stereocenters. The van der Waals surface area contributed by atoms with Crippen molar-refractivity contribution in [3.8, 4) is 6.07 Å². The van der Waals surface area contributed by atoms with E-state index in [9.17, 15) is 5.26 Å². The predicted molar refractivity (Wildman–Crippen MR) is 94.8 cm³/mol. The summed E-state index contributed by atoms with van der Waals surface area (Å²) in [6.07, 6.45) is 9.25. The largest absolute Gasteiger partial charge is 0.365 e. The molecule has 0 aliphatic carbocycles. The van der Waals surface area contributed by atoms with Gasteiger partial charge in [-0.15, -0.1) is 11.8 Å². The minimum absolute atomic E-state index is 0.414. The van der Waals surface area contributed by atoms with E-state index >= 15 is 0 Å². The Kier molecular flexibility index (Phi) is 6.63. The molecular weight excluding hydrogens is 308 g/mol. The maximum absolute atomic E-state index is 9.52. The van der Waals surface area contributed by atoms with E-state index in [4.69, 9.17) is 0 Å². The molecule has 0 aromatic carbocycles. The van der Waals surface area contributed by atoms with Crippen molar-refractivity contribution in [1.82, 2.24) is 15.3 Å². The lowest BCUT2D eigenvalue weighted by atomic mass is 10.2. The van der Waals surface area contributed by atoms with Crippen molar-refractivity contribution in [2.24, 2.45) is 10.1 Å². The molecule has 1 aliphatic rings. The number of pyridine rings is 1. The zero-order valence-electron chi connectivity index (χ0n) is 13.4. The van der Waals surface area contributed by atoms with Gasteiger partial charge in [0.05, 0.1) is 0 Å². The first kappa shape index (κ1) is 17.0. The molecule has 6 nitrogen and oxygen atoms in total. The third kappa shape index (κ3) is 4.57. The Morgan fingerprint density at radius 1 is 1.57 bits per heavy atom. The molecule has 0 saturated heterocycles. The Hall–Kier alpha value is -2.33. The summed E-state index contributed by atoms with van der Waals surface area (Å²) in [5, 5.41) is 19.7. The standard InChI is InChI=1S/C16H20N6S/c1-3-4-8-21-22-12-20-16(23-2)14(9-17)15(22)19-11-13-6-5-7-18-10-13/h5-8,10,19H,3-4,11-12H2,1-2H3/b21-8-. The van der Waals surface area contributed by atoms with E-state index in [1.165, 1.54) is 11.8 Å². The van der Waals surface area contributed by atoms with Gasteiger partial charge in [0.25, 0.3) is 0 Å². The predicted octanol–water partition coefficient (Wildman–Crippen LogP) is 2.73. The maximum Gasteiger partial charge on any atom is 0.145 e. The van der Waals surface area contributed by atoms with Crippen LogP contribution in [0.15, 0.2) is 46.0 Å². The van der Waals surface area contributed by atoms with Crippen molar-refractivity contribution >= 4 is 23.0 Å². The van der Waals surface area contributed by atoms with Gasteiger partial charge in [0, 0.05) is 25.2 Å². The fraction of sp³-hybridized carbons (Fsp3) is 0.375. The number of unbranched alkanes of at least 4 members (excludes halogenated alkanes) is 1. The summed E-state index contributed by atoms with van der Waals surface area (Å²) >= 11 is 1.47. The zero-order valence-corrected chi connectivity index (χ0v) is 14.2. The number of nitrogens with zero attached hydrogens (tertiary/aromatic N) is 5. The molecule has 0 radical (unpaired) electrons. The molecule has 2 heterocycles. The summed E-state index contributed by atoms with van der Waals surface area (Å²) < 4.78 is 0. The highest BCUT2D eigenvalue weighted by molar-refractivity contribution is 8.13. The first-order valence-electron chi connectivity index (χ1n) is 7.46. The van der Waals surface area contributed by atoms with E-state index in [1.807, 2.05) is 24.6 Å². The smallest absolute Gasteiger partial charge is 0.145 e. The van der Waals surface area contributed by atoms with Gasteiger partial charge in [-0.3, -0.25) is 9.98 Å². The van der Waals surface area contributed by atoms with Gasteiger partial charge in [0.2, 0.25) is 0 Å². The molecule has 1 N–H and O–H groups in total. The van der Waals surface area contributed by atoms with Crippen LogP contribution in [0.5, 0.6) is 0 Å². The average Bonchev–Trinajstić information content (AvgIpc) is 2.61. The number of hydrogen-bond donors (Lipinski definition) is 1. The van der Waals surface area contributed by atoms with Crippen molar-refractivity contribution in [1.29, 1.82) is 5.26 Å². The topological polar surface area (TPSA) is 76.7 Å². The molecule has 1 aliphatic heterocycles. The van der Waals surface area contributed by atoms with Crippen molar-refractivity contribution in [3.05, 3.63) is 41.5 Å². The van der Waals surface area contributed by atoms with Crippen LogP contribution in [0.1, 0.15) is 25.3 Å². The molecule has 23 heavy (non-hydrogen) atoms. The van der Waals surface area contributed by atoms with E-state index in [-0.39, 0.29) is 0 Å². The van der Waals surface area contributed by atoms with Crippen molar-refractivity contribution in [2.45, 2.75) is 26.3 Å². The van der Waals surface area contributed by atoms with Crippen LogP contribution < -0.4 is 5.32 Å². The van der Waals surface area contributed by atoms with Crippen LogP contribution in [0.25, 0.3) is 0 Å². The van der Waals surface area contributed by atoms with Crippen LogP contribution in [0.2, 0.25) is 0 Å². The van der Waals surface area contributed by atoms with Gasteiger partial charge in [-0.2, -0.15) is 10.4 Å². The quantitative estimate of drug-likeness (QED) is 0.813. The van der Waals surface area contributed by atoms with Crippen LogP contribution in [0, 0.1) is 11.3 Å². The number of nitriles is 1. The Balaban J connectivity index is 2.22. The van der Waals surface area contributed by atoms with Crippen LogP contribution in [0.3, 0.4) is 0 Å². The third-order valence-electron chi connectivity index (χ3n) is 3.18. The van der Waals surface area contributed by atoms with Gasteiger partial charge in [-0.1, -0.05) is 19.4 Å². The molecule has 0 saturated carbocycles. The summed E-state index contributed by atoms with van der Waals surface area (Å²) in [6.45, 7) is 3.09. The summed E-state index contributed by atoms with van der Waals surface area (Å²) in [5.74, 6) is 0.697. The van der Waals surface area contributed by atoms with Crippen LogP contribution in [-0.4, -0.2) is 34.2 Å². The molecule has 0 bridgehead atoms. The highest BCUT2D eigenvalue weighted by Gasteiger charge is 2.22. The Labute approximate surface area is 141 Å². The third-order valence-corrected chi connectivity index (χ3v) is 3.90. The molecule has 1 aromatic rings. The van der Waals surface area contributed by atoms with E-state index in [1.54, 1.807) is 17.4 Å². The first-order chi connectivity index (χ1) is 11.3. The normalized spacial score (nSPS) is 14.8. The zero-order chi connectivity index (χ0) is 16.5. The SMILES string of the molecule is CCC/C=N\N1CN=C(SC)C(C#N)=C1NCc1cccnc1. The second-order valence-electron chi connectivity index (χ2n) is 4.85. The number of aliphatic imine (C=N–C) groups is 1. The van der Waals surface area contributed by atoms with Gasteiger partial charge in [-0.25, -0.2) is 5.01 Å². The molecule has 0 atom stereocenters. The molecule has 0 spiro atoms. The first-order valence-corrected chi connectivity index (χ1v) is 8.68. The molecule has 120 valence electrons. The molecule has 7 heteroatoms. The lowest BCUT2D eigenvalue weighted by Crippen LogP contribution is -2.34. The van der Waals surface area contributed by atoms with Gasteiger partial charge in [-0.05, 0) is 24.3 Å². The van der Waals surface area contributed by atoms with Gasteiger partial charge in [0.15, 0.2) is 0 Å². The fourth-order valence-corrected chi connectivity index (χ4v) is 2.56. The average molecular weight is 328 g/mol. The minimum atomic E-state index is 0.414. The monoisotopic (exact) mass is 328 g/mol. The fourth-order valence-electron chi connectivity index (χ4n) is 2.03. The number of hydrazone groups is 1. The van der Waals surface area contributed by atoms with Crippen LogP contribution in [-0.2, 0) is 6.54 Å². The number of hydrogen-bond acceptors (Lipinski definition) is 7. The lowest BCUT2D eigenvalue weighted by Gasteiger charge is -2.26. The highest BCUT2D eigenvalue weighted by Crippen LogP contribution is 2.21.